The fraction of sp³-hybridized carbons (Fsp3) is 0.909. The first-order chi connectivity index (χ1) is 8.01. The summed E-state index contributed by atoms with van der Waals surface area (Å²) >= 11 is 0. The lowest BCUT2D eigenvalue weighted by molar-refractivity contribution is 0.0264. The Balaban J connectivity index is 1.96. The smallest absolute Gasteiger partial charge is 0.410 e. The van der Waals surface area contributed by atoms with Crippen LogP contribution in [0, 0.1) is 11.3 Å². The molecule has 1 saturated carbocycles. The number of hydrogen-bond acceptors (Lipinski definition) is 4. The summed E-state index contributed by atoms with van der Waals surface area (Å²) in [4.78, 5) is 13.3. The fourth-order valence-electron chi connectivity index (χ4n) is 2.63. The lowest BCUT2D eigenvalue weighted by Crippen LogP contribution is -2.37. The van der Waals surface area contributed by atoms with Crippen molar-refractivity contribution in [2.24, 2.45) is 11.3 Å². The predicted octanol–water partition coefficient (Wildman–Crippen LogP) is 1.54. The van der Waals surface area contributed by atoms with E-state index in [0.29, 0.717) is 13.0 Å². The van der Waals surface area contributed by atoms with Gasteiger partial charge in [-0.15, -0.1) is 3.89 Å². The summed E-state index contributed by atoms with van der Waals surface area (Å²) in [6, 6.07) is 0. The minimum Gasteiger partial charge on any atom is -0.444 e. The molecule has 2 aliphatic rings. The molecule has 18 heavy (non-hydrogen) atoms. The molecule has 1 aliphatic carbocycles. The van der Waals surface area contributed by atoms with Crippen molar-refractivity contribution < 1.29 is 21.8 Å². The number of nitrogens with zero attached hydrogens (tertiary/aromatic N) is 1. The molecular weight excluding hydrogens is 261 g/mol. The number of rotatable bonds is 2. The van der Waals surface area contributed by atoms with Gasteiger partial charge in [0.1, 0.15) is 5.60 Å². The highest BCUT2D eigenvalue weighted by atomic mass is 32.3. The fourth-order valence-corrected chi connectivity index (χ4v) is 3.76. The number of piperidine rings is 1. The first-order valence-electron chi connectivity index (χ1n) is 5.91. The largest absolute Gasteiger partial charge is 0.444 e. The van der Waals surface area contributed by atoms with Crippen LogP contribution in [0.1, 0.15) is 27.2 Å². The van der Waals surface area contributed by atoms with E-state index in [0.717, 1.165) is 0 Å². The van der Waals surface area contributed by atoms with Gasteiger partial charge in [-0.3, -0.25) is 0 Å². The molecule has 0 N–H and O–H groups in total. The Morgan fingerprint density at radius 2 is 2.11 bits per heavy atom. The van der Waals surface area contributed by atoms with Gasteiger partial charge in [-0.05, 0) is 33.1 Å². The molecule has 1 amide bonds. The van der Waals surface area contributed by atoms with Gasteiger partial charge in [0.2, 0.25) is 0 Å². The minimum absolute atomic E-state index is 0.0931. The average Bonchev–Trinajstić information content (AvgIpc) is 2.60. The van der Waals surface area contributed by atoms with E-state index in [2.05, 4.69) is 0 Å². The molecule has 104 valence electrons. The van der Waals surface area contributed by atoms with Gasteiger partial charge in [0, 0.05) is 18.5 Å². The summed E-state index contributed by atoms with van der Waals surface area (Å²) in [5.41, 5.74) is -1.15. The predicted molar refractivity (Wildman–Crippen MR) is 63.2 cm³/mol. The minimum atomic E-state index is -4.49. The van der Waals surface area contributed by atoms with E-state index in [1.54, 1.807) is 20.8 Å². The highest BCUT2D eigenvalue weighted by Crippen LogP contribution is 2.58. The van der Waals surface area contributed by atoms with E-state index >= 15 is 0 Å². The molecular formula is C11H18FNO4S. The number of carbonyl (C=O) groups is 1. The van der Waals surface area contributed by atoms with Crippen molar-refractivity contribution in [3.05, 3.63) is 0 Å². The Labute approximate surface area is 106 Å². The molecule has 7 heteroatoms. The van der Waals surface area contributed by atoms with E-state index in [4.69, 9.17) is 4.74 Å². The van der Waals surface area contributed by atoms with Crippen LogP contribution in [-0.2, 0) is 15.0 Å². The maximum Gasteiger partial charge on any atom is 0.410 e. The summed E-state index contributed by atoms with van der Waals surface area (Å²) in [6.07, 6.45) is 0.223. The van der Waals surface area contributed by atoms with Crippen molar-refractivity contribution in [2.75, 3.05) is 18.8 Å². The van der Waals surface area contributed by atoms with Gasteiger partial charge in [-0.25, -0.2) is 4.79 Å². The summed E-state index contributed by atoms with van der Waals surface area (Å²) in [6.45, 7) is 6.04. The van der Waals surface area contributed by atoms with Crippen molar-refractivity contribution >= 4 is 16.3 Å². The van der Waals surface area contributed by atoms with Gasteiger partial charge in [-0.2, -0.15) is 8.42 Å². The zero-order valence-electron chi connectivity index (χ0n) is 10.8. The number of amides is 1. The van der Waals surface area contributed by atoms with Crippen LogP contribution in [0.2, 0.25) is 0 Å². The summed E-state index contributed by atoms with van der Waals surface area (Å²) in [5, 5.41) is 0. The molecule has 0 spiro atoms. The maximum absolute atomic E-state index is 12.7. The summed E-state index contributed by atoms with van der Waals surface area (Å²) < 4.78 is 39.4. The Kier molecular flexibility index (Phi) is 2.88. The highest BCUT2D eigenvalue weighted by molar-refractivity contribution is 7.86. The summed E-state index contributed by atoms with van der Waals surface area (Å²) in [5.74, 6) is -0.389. The number of hydrogen-bond donors (Lipinski definition) is 0. The second-order valence-corrected chi connectivity index (χ2v) is 7.67. The van der Waals surface area contributed by atoms with E-state index < -0.39 is 33.1 Å². The topological polar surface area (TPSA) is 63.7 Å². The number of halogens is 1. The second-order valence-electron chi connectivity index (χ2n) is 6.31. The SMILES string of the molecule is CC(C)(C)OC(=O)N1CC2CC2(CS(=O)(=O)F)C1. The third-order valence-electron chi connectivity index (χ3n) is 3.42. The van der Waals surface area contributed by atoms with Crippen molar-refractivity contribution in [3.63, 3.8) is 0 Å². The number of fused-ring (bicyclic) bond motifs is 1. The van der Waals surface area contributed by atoms with Crippen LogP contribution in [0.15, 0.2) is 0 Å². The van der Waals surface area contributed by atoms with Crippen LogP contribution in [0.3, 0.4) is 0 Å². The highest BCUT2D eigenvalue weighted by Gasteiger charge is 2.63. The zero-order chi connectivity index (χ0) is 13.8. The first kappa shape index (κ1) is 13.6. The van der Waals surface area contributed by atoms with E-state index in [-0.39, 0.29) is 12.5 Å². The Morgan fingerprint density at radius 1 is 1.50 bits per heavy atom. The third-order valence-corrected chi connectivity index (χ3v) is 4.34. The van der Waals surface area contributed by atoms with Crippen LogP contribution in [0.25, 0.3) is 0 Å². The molecule has 1 aliphatic heterocycles. The van der Waals surface area contributed by atoms with Gasteiger partial charge >= 0.3 is 16.3 Å². The lowest BCUT2D eigenvalue weighted by atomic mass is 10.1. The number of likely N-dealkylation sites (tertiary alicyclic amines) is 1. The Morgan fingerprint density at radius 3 is 2.61 bits per heavy atom. The van der Waals surface area contributed by atoms with Crippen LogP contribution >= 0.6 is 0 Å². The van der Waals surface area contributed by atoms with Gasteiger partial charge in [0.05, 0.1) is 5.75 Å². The maximum atomic E-state index is 12.7. The molecule has 1 heterocycles. The summed E-state index contributed by atoms with van der Waals surface area (Å²) in [7, 11) is -4.49. The van der Waals surface area contributed by atoms with Gasteiger partial charge < -0.3 is 9.64 Å². The van der Waals surface area contributed by atoms with E-state index in [9.17, 15) is 17.1 Å². The van der Waals surface area contributed by atoms with Gasteiger partial charge in [-0.1, -0.05) is 0 Å². The van der Waals surface area contributed by atoms with E-state index in [1.165, 1.54) is 4.90 Å². The zero-order valence-corrected chi connectivity index (χ0v) is 11.6. The van der Waals surface area contributed by atoms with Gasteiger partial charge in [0.15, 0.2) is 0 Å². The molecule has 2 fully saturated rings. The molecule has 5 nitrogen and oxygen atoms in total. The second kappa shape index (κ2) is 3.82. The Bertz CT molecular complexity index is 470. The monoisotopic (exact) mass is 279 g/mol. The first-order valence-corrected chi connectivity index (χ1v) is 7.46. The van der Waals surface area contributed by atoms with Crippen LogP contribution in [-0.4, -0.2) is 43.9 Å². The number of carbonyl (C=O) groups excluding carboxylic acids is 1. The molecule has 2 atom stereocenters. The van der Waals surface area contributed by atoms with Crippen LogP contribution < -0.4 is 0 Å². The molecule has 0 aromatic carbocycles. The lowest BCUT2D eigenvalue weighted by Gasteiger charge is -2.26. The standard InChI is InChI=1S/C11H18FNO4S/c1-10(2,3)17-9(14)13-5-8-4-11(8,6-13)7-18(12,15)16/h8H,4-7H2,1-3H3. The molecule has 0 bridgehead atoms. The van der Waals surface area contributed by atoms with Gasteiger partial charge in [0.25, 0.3) is 0 Å². The van der Waals surface area contributed by atoms with Crippen molar-refractivity contribution in [3.8, 4) is 0 Å². The van der Waals surface area contributed by atoms with E-state index in [1.807, 2.05) is 0 Å². The molecule has 0 aromatic heterocycles. The molecule has 2 rings (SSSR count). The van der Waals surface area contributed by atoms with Crippen LogP contribution in [0.5, 0.6) is 0 Å². The molecule has 2 unspecified atom stereocenters. The number of ether oxygens (including phenoxy) is 1. The molecule has 0 radical (unpaired) electrons. The molecule has 0 aromatic rings. The quantitative estimate of drug-likeness (QED) is 0.719. The third kappa shape index (κ3) is 2.93. The molecule has 1 saturated heterocycles. The normalized spacial score (nSPS) is 31.1. The van der Waals surface area contributed by atoms with Crippen molar-refractivity contribution in [2.45, 2.75) is 32.8 Å². The van der Waals surface area contributed by atoms with Crippen molar-refractivity contribution in [1.29, 1.82) is 0 Å². The van der Waals surface area contributed by atoms with Crippen LogP contribution in [0.4, 0.5) is 8.68 Å². The average molecular weight is 279 g/mol. The Hall–Kier alpha value is -0.850. The van der Waals surface area contributed by atoms with Crippen molar-refractivity contribution in [1.82, 2.24) is 4.90 Å².